The minimum absolute atomic E-state index is 0.0220. The lowest BCUT2D eigenvalue weighted by Crippen LogP contribution is -2.63. The van der Waals surface area contributed by atoms with Crippen molar-refractivity contribution in [1.82, 2.24) is 4.90 Å². The molecule has 0 aromatic rings. The van der Waals surface area contributed by atoms with Gasteiger partial charge in [0.2, 0.25) is 5.91 Å². The molecule has 1 fully saturated rings. The number of likely N-dealkylation sites (tertiary alicyclic amines) is 1. The highest BCUT2D eigenvalue weighted by Gasteiger charge is 2.43. The number of amides is 1. The molecule has 0 radical (unpaired) electrons. The van der Waals surface area contributed by atoms with Crippen LogP contribution in [-0.2, 0) is 9.59 Å². The Hall–Kier alpha value is -1.10. The number of aliphatic hydroxyl groups is 1. The zero-order valence-corrected chi connectivity index (χ0v) is 11.4. The van der Waals surface area contributed by atoms with Crippen LogP contribution in [0.1, 0.15) is 46.5 Å². The van der Waals surface area contributed by atoms with E-state index < -0.39 is 17.0 Å². The van der Waals surface area contributed by atoms with Gasteiger partial charge < -0.3 is 15.1 Å². The van der Waals surface area contributed by atoms with E-state index in [1.54, 1.807) is 18.7 Å². The number of aliphatic carboxylic acids is 1. The van der Waals surface area contributed by atoms with E-state index in [1.807, 2.05) is 6.92 Å². The van der Waals surface area contributed by atoms with Crippen LogP contribution in [0.25, 0.3) is 0 Å². The maximum atomic E-state index is 11.9. The van der Waals surface area contributed by atoms with E-state index in [4.69, 9.17) is 5.11 Å². The predicted molar refractivity (Wildman–Crippen MR) is 67.1 cm³/mol. The average molecular weight is 257 g/mol. The van der Waals surface area contributed by atoms with Crippen LogP contribution in [0.2, 0.25) is 0 Å². The molecule has 0 unspecified atom stereocenters. The van der Waals surface area contributed by atoms with Gasteiger partial charge in [-0.3, -0.25) is 9.59 Å². The number of carbonyl (C=O) groups excluding carboxylic acids is 1. The smallest absolute Gasteiger partial charge is 0.303 e. The molecule has 2 N–H and O–H groups in total. The number of nitrogens with zero attached hydrogens (tertiary/aromatic N) is 1. The van der Waals surface area contributed by atoms with Gasteiger partial charge in [-0.25, -0.2) is 0 Å². The van der Waals surface area contributed by atoms with Crippen molar-refractivity contribution >= 4 is 11.9 Å². The van der Waals surface area contributed by atoms with Crippen molar-refractivity contribution in [2.45, 2.75) is 52.1 Å². The molecule has 0 saturated carbocycles. The van der Waals surface area contributed by atoms with E-state index in [0.717, 1.165) is 6.42 Å². The Labute approximate surface area is 108 Å². The Bertz CT molecular complexity index is 332. The number of carboxylic acid groups (broad SMARTS) is 1. The molecule has 18 heavy (non-hydrogen) atoms. The van der Waals surface area contributed by atoms with Crippen LogP contribution < -0.4 is 0 Å². The van der Waals surface area contributed by atoms with Crippen LogP contribution in [0.4, 0.5) is 0 Å². The SMILES string of the molecule is CCCC1(O)CN(C(=O)CC(C)(C)CC(=O)O)C1. The number of carboxylic acids is 1. The van der Waals surface area contributed by atoms with Gasteiger partial charge in [0.15, 0.2) is 0 Å². The van der Waals surface area contributed by atoms with Crippen molar-refractivity contribution < 1.29 is 19.8 Å². The summed E-state index contributed by atoms with van der Waals surface area (Å²) in [5.41, 5.74) is -1.26. The van der Waals surface area contributed by atoms with Crippen molar-refractivity contribution in [2.75, 3.05) is 13.1 Å². The first-order valence-electron chi connectivity index (χ1n) is 6.39. The highest BCUT2D eigenvalue weighted by Crippen LogP contribution is 2.31. The van der Waals surface area contributed by atoms with Gasteiger partial charge in [-0.1, -0.05) is 27.2 Å². The molecule has 5 nitrogen and oxygen atoms in total. The third kappa shape index (κ3) is 3.98. The van der Waals surface area contributed by atoms with E-state index in [-0.39, 0.29) is 18.7 Å². The summed E-state index contributed by atoms with van der Waals surface area (Å²) in [6, 6.07) is 0. The van der Waals surface area contributed by atoms with Crippen LogP contribution in [0.5, 0.6) is 0 Å². The molecular weight excluding hydrogens is 234 g/mol. The predicted octanol–water partition coefficient (Wildman–Crippen LogP) is 1.25. The zero-order chi connectivity index (χ0) is 14.0. The van der Waals surface area contributed by atoms with Gasteiger partial charge in [0.1, 0.15) is 0 Å². The maximum absolute atomic E-state index is 11.9. The Kier molecular flexibility index (Phi) is 4.37. The van der Waals surface area contributed by atoms with Gasteiger partial charge in [-0.2, -0.15) is 0 Å². The minimum atomic E-state index is -0.890. The standard InChI is InChI=1S/C13H23NO4/c1-4-5-13(18)8-14(9-13)10(15)6-12(2,3)7-11(16)17/h18H,4-9H2,1-3H3,(H,16,17). The molecule has 1 rings (SSSR count). The summed E-state index contributed by atoms with van der Waals surface area (Å²) in [4.78, 5) is 24.2. The lowest BCUT2D eigenvalue weighted by Gasteiger charge is -2.47. The van der Waals surface area contributed by atoms with Crippen molar-refractivity contribution in [3.05, 3.63) is 0 Å². The Morgan fingerprint density at radius 2 is 1.83 bits per heavy atom. The second kappa shape index (κ2) is 5.26. The van der Waals surface area contributed by atoms with Gasteiger partial charge in [-0.15, -0.1) is 0 Å². The van der Waals surface area contributed by atoms with Gasteiger partial charge >= 0.3 is 5.97 Å². The summed E-state index contributed by atoms with van der Waals surface area (Å²) in [7, 11) is 0. The molecule has 1 aliphatic rings. The normalized spacial score (nSPS) is 18.3. The first-order valence-corrected chi connectivity index (χ1v) is 6.39. The van der Waals surface area contributed by atoms with Crippen LogP contribution >= 0.6 is 0 Å². The summed E-state index contributed by atoms with van der Waals surface area (Å²) in [5, 5.41) is 18.7. The molecular formula is C13H23NO4. The van der Waals surface area contributed by atoms with Gasteiger partial charge in [0.25, 0.3) is 0 Å². The Morgan fingerprint density at radius 1 is 1.28 bits per heavy atom. The summed E-state index contributed by atoms with van der Waals surface area (Å²) < 4.78 is 0. The van der Waals surface area contributed by atoms with E-state index in [1.165, 1.54) is 0 Å². The molecule has 0 aromatic carbocycles. The second-order valence-electron chi connectivity index (χ2n) is 6.14. The fourth-order valence-electron chi connectivity index (χ4n) is 2.46. The average Bonchev–Trinajstić information content (AvgIpc) is 2.10. The highest BCUT2D eigenvalue weighted by atomic mass is 16.4. The summed E-state index contributed by atoms with van der Waals surface area (Å²) in [6.07, 6.45) is 1.78. The summed E-state index contributed by atoms with van der Waals surface area (Å²) >= 11 is 0. The monoisotopic (exact) mass is 257 g/mol. The molecule has 1 amide bonds. The topological polar surface area (TPSA) is 77.8 Å². The summed E-state index contributed by atoms with van der Waals surface area (Å²) in [6.45, 7) is 6.30. The number of hydrogen-bond acceptors (Lipinski definition) is 3. The van der Waals surface area contributed by atoms with E-state index in [0.29, 0.717) is 19.5 Å². The Balaban J connectivity index is 2.42. The zero-order valence-electron chi connectivity index (χ0n) is 11.4. The van der Waals surface area contributed by atoms with Crippen molar-refractivity contribution in [3.8, 4) is 0 Å². The van der Waals surface area contributed by atoms with Gasteiger partial charge in [-0.05, 0) is 11.8 Å². The summed E-state index contributed by atoms with van der Waals surface area (Å²) in [5.74, 6) is -0.957. The minimum Gasteiger partial charge on any atom is -0.481 e. The van der Waals surface area contributed by atoms with Crippen molar-refractivity contribution in [2.24, 2.45) is 5.41 Å². The maximum Gasteiger partial charge on any atom is 0.303 e. The molecule has 1 aliphatic heterocycles. The molecule has 1 saturated heterocycles. The largest absolute Gasteiger partial charge is 0.481 e. The molecule has 0 spiro atoms. The lowest BCUT2D eigenvalue weighted by atomic mass is 9.83. The van der Waals surface area contributed by atoms with Gasteiger partial charge in [0.05, 0.1) is 25.1 Å². The molecule has 0 aliphatic carbocycles. The third-order valence-electron chi connectivity index (χ3n) is 3.30. The van der Waals surface area contributed by atoms with Crippen molar-refractivity contribution in [3.63, 3.8) is 0 Å². The molecule has 0 bridgehead atoms. The first-order chi connectivity index (χ1) is 8.17. The quantitative estimate of drug-likeness (QED) is 0.750. The first kappa shape index (κ1) is 15.0. The number of β-amino-alcohol motifs (C(OH)–C–C–N with tert-alkyl or cyclic N) is 1. The third-order valence-corrected chi connectivity index (χ3v) is 3.30. The van der Waals surface area contributed by atoms with Gasteiger partial charge in [0, 0.05) is 6.42 Å². The highest BCUT2D eigenvalue weighted by molar-refractivity contribution is 5.79. The molecule has 104 valence electrons. The number of rotatable bonds is 6. The molecule has 1 heterocycles. The lowest BCUT2D eigenvalue weighted by molar-refractivity contribution is -0.159. The van der Waals surface area contributed by atoms with E-state index in [9.17, 15) is 14.7 Å². The number of hydrogen-bond donors (Lipinski definition) is 2. The van der Waals surface area contributed by atoms with Crippen molar-refractivity contribution in [1.29, 1.82) is 0 Å². The van der Waals surface area contributed by atoms with Crippen LogP contribution in [0.15, 0.2) is 0 Å². The van der Waals surface area contributed by atoms with Crippen LogP contribution in [0.3, 0.4) is 0 Å². The van der Waals surface area contributed by atoms with E-state index in [2.05, 4.69) is 0 Å². The van der Waals surface area contributed by atoms with Crippen LogP contribution in [-0.4, -0.2) is 45.7 Å². The second-order valence-corrected chi connectivity index (χ2v) is 6.14. The molecule has 5 heteroatoms. The van der Waals surface area contributed by atoms with E-state index >= 15 is 0 Å². The molecule has 0 atom stereocenters. The Morgan fingerprint density at radius 3 is 2.28 bits per heavy atom. The van der Waals surface area contributed by atoms with Crippen LogP contribution in [0, 0.1) is 5.41 Å². The fourth-order valence-corrected chi connectivity index (χ4v) is 2.46. The molecule has 0 aromatic heterocycles. The number of carbonyl (C=O) groups is 2. The fraction of sp³-hybridized carbons (Fsp3) is 0.846.